The van der Waals surface area contributed by atoms with Gasteiger partial charge in [-0.15, -0.1) is 0 Å². The molecule has 0 amide bonds. The molecule has 0 N–H and O–H groups in total. The van der Waals surface area contributed by atoms with Crippen LogP contribution >= 0.6 is 0 Å². The third kappa shape index (κ3) is 8.20. The van der Waals surface area contributed by atoms with Gasteiger partial charge in [-0.1, -0.05) is 84.3 Å². The Morgan fingerprint density at radius 1 is 0.500 bits per heavy atom. The average Bonchev–Trinajstić information content (AvgIpc) is 2.69. The van der Waals surface area contributed by atoms with Gasteiger partial charge in [0.05, 0.1) is 0 Å². The fraction of sp³-hybridized carbons (Fsp3) is 0.267. The second kappa shape index (κ2) is 10.3. The topological polar surface area (TPSA) is 0 Å². The lowest BCUT2D eigenvalue weighted by molar-refractivity contribution is 0.571. The van der Waals surface area contributed by atoms with Crippen LogP contribution in [-0.4, -0.2) is 0 Å². The van der Waals surface area contributed by atoms with E-state index in [1.165, 1.54) is 0 Å². The molecule has 0 aliphatic carbocycles. The van der Waals surface area contributed by atoms with E-state index in [0.29, 0.717) is 0 Å². The van der Waals surface area contributed by atoms with Crippen LogP contribution in [0.1, 0.15) is 52.7 Å². The summed E-state index contributed by atoms with van der Waals surface area (Å²) in [6.07, 6.45) is 0. The first-order chi connectivity index (χ1) is 14.2. The zero-order chi connectivity index (χ0) is 22.0. The van der Waals surface area contributed by atoms with E-state index in [2.05, 4.69) is 88.9 Å². The Hall–Kier alpha value is -3.58. The highest BCUT2D eigenvalue weighted by Crippen LogP contribution is 2.25. The summed E-state index contributed by atoms with van der Waals surface area (Å²) in [6.45, 7) is 12.4. The van der Waals surface area contributed by atoms with Crippen molar-refractivity contribution >= 4 is 11.1 Å². The van der Waals surface area contributed by atoms with Crippen molar-refractivity contribution in [1.82, 2.24) is 0 Å². The van der Waals surface area contributed by atoms with Crippen molar-refractivity contribution in [2.24, 2.45) is 10.8 Å². The van der Waals surface area contributed by atoms with Gasteiger partial charge in [0.15, 0.2) is 0 Å². The van der Waals surface area contributed by atoms with E-state index < -0.39 is 0 Å². The quantitative estimate of drug-likeness (QED) is 0.396. The molecule has 2 aromatic carbocycles. The van der Waals surface area contributed by atoms with Crippen LogP contribution in [0.15, 0.2) is 60.7 Å². The molecule has 0 atom stereocenters. The summed E-state index contributed by atoms with van der Waals surface area (Å²) in [5.74, 6) is 24.9. The maximum Gasteiger partial charge on any atom is 0.0491 e. The summed E-state index contributed by atoms with van der Waals surface area (Å²) in [4.78, 5) is 0. The Kier molecular flexibility index (Phi) is 7.77. The molecule has 0 aromatic heterocycles. The van der Waals surface area contributed by atoms with Crippen LogP contribution in [0.4, 0.5) is 0 Å². The van der Waals surface area contributed by atoms with Gasteiger partial charge in [-0.2, -0.15) is 0 Å². The van der Waals surface area contributed by atoms with E-state index in [0.717, 1.165) is 22.3 Å². The summed E-state index contributed by atoms with van der Waals surface area (Å²) in [6, 6.07) is 20.2. The van der Waals surface area contributed by atoms with Crippen molar-refractivity contribution in [3.8, 4) is 47.4 Å². The first kappa shape index (κ1) is 22.7. The van der Waals surface area contributed by atoms with Crippen molar-refractivity contribution in [1.29, 1.82) is 0 Å². The molecule has 0 aliphatic heterocycles. The normalized spacial score (nSPS) is 11.1. The van der Waals surface area contributed by atoms with Crippen LogP contribution in [0.5, 0.6) is 0 Å². The van der Waals surface area contributed by atoms with Gasteiger partial charge < -0.3 is 0 Å². The van der Waals surface area contributed by atoms with E-state index in [1.54, 1.807) is 0 Å². The third-order valence-electron chi connectivity index (χ3n) is 3.75. The Balaban J connectivity index is 2.71. The Morgan fingerprint density at radius 2 is 0.833 bits per heavy atom. The molecular weight excluding hydrogens is 360 g/mol. The molecule has 0 fully saturated rings. The van der Waals surface area contributed by atoms with Crippen molar-refractivity contribution < 1.29 is 0 Å². The minimum atomic E-state index is -0.0874. The molecule has 0 radical (unpaired) electrons. The average molecular weight is 389 g/mol. The highest BCUT2D eigenvalue weighted by molar-refractivity contribution is 6.04. The van der Waals surface area contributed by atoms with Gasteiger partial charge in [0.2, 0.25) is 0 Å². The molecule has 0 saturated heterocycles. The SMILES string of the molecule is CC(C)(C)C#CC#C/C(=C(/C#CC#CC(C)(C)C)c1ccccc1)c1ccccc1. The standard InChI is InChI=1S/C30H28/c1-29(2,3)23-15-13-21-27(25-17-9-7-10-18-25)28(26-19-11-8-12-20-26)22-14-16-24-30(4,5)6/h7-12,17-20H,1-6H3/b28-27+. The predicted molar refractivity (Wildman–Crippen MR) is 130 cm³/mol. The predicted octanol–water partition coefficient (Wildman–Crippen LogP) is 6.70. The lowest BCUT2D eigenvalue weighted by Gasteiger charge is -2.07. The summed E-state index contributed by atoms with van der Waals surface area (Å²) < 4.78 is 0. The first-order valence-electron chi connectivity index (χ1n) is 10.1. The zero-order valence-electron chi connectivity index (χ0n) is 18.8. The third-order valence-corrected chi connectivity index (χ3v) is 3.75. The maximum absolute atomic E-state index is 3.27. The molecule has 0 heterocycles. The molecule has 2 aromatic rings. The van der Waals surface area contributed by atoms with E-state index in [-0.39, 0.29) is 10.8 Å². The fourth-order valence-corrected chi connectivity index (χ4v) is 2.39. The molecule has 0 unspecified atom stereocenters. The van der Waals surface area contributed by atoms with Gasteiger partial charge in [-0.25, -0.2) is 0 Å². The Bertz CT molecular complexity index is 1040. The number of hydrogen-bond acceptors (Lipinski definition) is 0. The van der Waals surface area contributed by atoms with Crippen LogP contribution in [-0.2, 0) is 0 Å². The van der Waals surface area contributed by atoms with Gasteiger partial charge >= 0.3 is 0 Å². The number of rotatable bonds is 2. The van der Waals surface area contributed by atoms with Gasteiger partial charge in [0.1, 0.15) is 0 Å². The van der Waals surface area contributed by atoms with E-state index in [9.17, 15) is 0 Å². The zero-order valence-corrected chi connectivity index (χ0v) is 18.8. The second-order valence-electron chi connectivity index (χ2n) is 8.98. The number of benzene rings is 2. The molecule has 0 spiro atoms. The molecule has 0 heteroatoms. The molecule has 0 nitrogen and oxygen atoms in total. The molecule has 0 bridgehead atoms. The highest BCUT2D eigenvalue weighted by atomic mass is 14.1. The van der Waals surface area contributed by atoms with E-state index in [1.807, 2.05) is 60.7 Å². The molecule has 2 rings (SSSR count). The Morgan fingerprint density at radius 3 is 1.13 bits per heavy atom. The van der Waals surface area contributed by atoms with Crippen molar-refractivity contribution in [2.75, 3.05) is 0 Å². The fourth-order valence-electron chi connectivity index (χ4n) is 2.39. The number of allylic oxidation sites excluding steroid dienone is 2. The summed E-state index contributed by atoms with van der Waals surface area (Å²) in [7, 11) is 0. The van der Waals surface area contributed by atoms with Crippen molar-refractivity contribution in [3.05, 3.63) is 71.8 Å². The smallest absolute Gasteiger partial charge is 0.0491 e. The molecular formula is C30H28. The van der Waals surface area contributed by atoms with Crippen LogP contribution in [0, 0.1) is 58.2 Å². The largest absolute Gasteiger partial charge is 0.0832 e. The first-order valence-corrected chi connectivity index (χ1v) is 10.1. The summed E-state index contributed by atoms with van der Waals surface area (Å²) >= 11 is 0. The summed E-state index contributed by atoms with van der Waals surface area (Å²) in [5.41, 5.74) is 3.57. The van der Waals surface area contributed by atoms with Gasteiger partial charge in [-0.05, 0) is 76.4 Å². The van der Waals surface area contributed by atoms with Crippen molar-refractivity contribution in [2.45, 2.75) is 41.5 Å². The van der Waals surface area contributed by atoms with E-state index >= 15 is 0 Å². The second-order valence-corrected chi connectivity index (χ2v) is 8.98. The van der Waals surface area contributed by atoms with Gasteiger partial charge in [-0.3, -0.25) is 0 Å². The summed E-state index contributed by atoms with van der Waals surface area (Å²) in [5, 5.41) is 0. The lowest BCUT2D eigenvalue weighted by atomic mass is 9.94. The van der Waals surface area contributed by atoms with Crippen LogP contribution in [0.25, 0.3) is 11.1 Å². The maximum atomic E-state index is 3.27. The highest BCUT2D eigenvalue weighted by Gasteiger charge is 2.08. The van der Waals surface area contributed by atoms with Crippen LogP contribution in [0.3, 0.4) is 0 Å². The van der Waals surface area contributed by atoms with Crippen molar-refractivity contribution in [3.63, 3.8) is 0 Å². The minimum absolute atomic E-state index is 0.0874. The van der Waals surface area contributed by atoms with Crippen LogP contribution in [0.2, 0.25) is 0 Å². The van der Waals surface area contributed by atoms with E-state index in [4.69, 9.17) is 0 Å². The van der Waals surface area contributed by atoms with Gasteiger partial charge in [0.25, 0.3) is 0 Å². The monoisotopic (exact) mass is 388 g/mol. The molecule has 0 aliphatic rings. The number of hydrogen-bond donors (Lipinski definition) is 0. The minimum Gasteiger partial charge on any atom is -0.0832 e. The van der Waals surface area contributed by atoms with Gasteiger partial charge in [0, 0.05) is 22.0 Å². The lowest BCUT2D eigenvalue weighted by Crippen LogP contribution is -1.98. The molecule has 30 heavy (non-hydrogen) atoms. The molecule has 148 valence electrons. The Labute approximate surface area is 182 Å². The molecule has 0 saturated carbocycles. The van der Waals surface area contributed by atoms with Crippen LogP contribution < -0.4 is 0 Å².